The van der Waals surface area contributed by atoms with Gasteiger partial charge in [0.2, 0.25) is 0 Å². The third-order valence-corrected chi connectivity index (χ3v) is 2.60. The Balaban J connectivity index is 0. The molecule has 0 aliphatic heterocycles. The van der Waals surface area contributed by atoms with Crippen molar-refractivity contribution in [3.8, 4) is 0 Å². The van der Waals surface area contributed by atoms with Crippen molar-refractivity contribution < 1.29 is 4.79 Å². The number of ketones is 1. The van der Waals surface area contributed by atoms with Gasteiger partial charge in [0.25, 0.3) is 0 Å². The summed E-state index contributed by atoms with van der Waals surface area (Å²) in [5.41, 5.74) is 0. The van der Waals surface area contributed by atoms with Crippen molar-refractivity contribution in [2.24, 2.45) is 11.8 Å². The number of hydrogen-bond donors (Lipinski definition) is 0. The lowest BCUT2D eigenvalue weighted by molar-refractivity contribution is -0.122. The quantitative estimate of drug-likeness (QED) is 0.528. The molecule has 0 aromatic carbocycles. The smallest absolute Gasteiger partial charge is 0.135 e. The van der Waals surface area contributed by atoms with Gasteiger partial charge < -0.3 is 0 Å². The molecule has 0 fully saturated rings. The van der Waals surface area contributed by atoms with E-state index in [0.29, 0.717) is 5.78 Å². The summed E-state index contributed by atoms with van der Waals surface area (Å²) in [7, 11) is 0. The van der Waals surface area contributed by atoms with Crippen molar-refractivity contribution in [1.29, 1.82) is 0 Å². The van der Waals surface area contributed by atoms with Crippen LogP contribution in [0.2, 0.25) is 0 Å². The van der Waals surface area contributed by atoms with E-state index in [0.717, 1.165) is 18.8 Å². The molecular formula is C14H30O. The Kier molecular flexibility index (Phi) is 11.6. The molecule has 1 nitrogen and oxygen atoms in total. The predicted octanol–water partition coefficient (Wildman–Crippen LogP) is 4.84. The molecule has 0 spiro atoms. The zero-order chi connectivity index (χ0) is 11.0. The highest BCUT2D eigenvalue weighted by atomic mass is 16.1. The Hall–Kier alpha value is -0.330. The van der Waals surface area contributed by atoms with Crippen LogP contribution in [0.1, 0.15) is 73.6 Å². The minimum atomic E-state index is 0. The van der Waals surface area contributed by atoms with E-state index in [1.54, 1.807) is 0 Å². The average Bonchev–Trinajstić information content (AvgIpc) is 2.09. The summed E-state index contributed by atoms with van der Waals surface area (Å²) < 4.78 is 0. The van der Waals surface area contributed by atoms with Gasteiger partial charge in [0.15, 0.2) is 0 Å². The minimum Gasteiger partial charge on any atom is -0.299 e. The molecule has 0 radical (unpaired) electrons. The van der Waals surface area contributed by atoms with Crippen molar-refractivity contribution in [3.63, 3.8) is 0 Å². The van der Waals surface area contributed by atoms with E-state index in [1.165, 1.54) is 25.7 Å². The Morgan fingerprint density at radius 1 is 0.933 bits per heavy atom. The van der Waals surface area contributed by atoms with Crippen molar-refractivity contribution >= 4 is 5.78 Å². The second-order valence-electron chi connectivity index (χ2n) is 4.97. The third kappa shape index (κ3) is 11.6. The first-order valence-corrected chi connectivity index (χ1v) is 6.06. The number of unbranched alkanes of at least 4 members (excludes halogenated alkanes) is 3. The fourth-order valence-electron chi connectivity index (χ4n) is 1.49. The Bertz CT molecular complexity index is 147. The molecule has 0 saturated heterocycles. The molecule has 0 aromatic heterocycles. The first-order valence-electron chi connectivity index (χ1n) is 6.06. The van der Waals surface area contributed by atoms with E-state index in [2.05, 4.69) is 13.8 Å². The van der Waals surface area contributed by atoms with Crippen LogP contribution >= 0.6 is 0 Å². The van der Waals surface area contributed by atoms with Crippen LogP contribution in [0.25, 0.3) is 0 Å². The molecule has 0 amide bonds. The highest BCUT2D eigenvalue weighted by molar-refractivity contribution is 5.80. The number of carbonyl (C=O) groups is 1. The molecule has 0 bridgehead atoms. The van der Waals surface area contributed by atoms with E-state index in [1.807, 2.05) is 13.8 Å². The Morgan fingerprint density at radius 3 is 1.93 bits per heavy atom. The third-order valence-electron chi connectivity index (χ3n) is 2.60. The molecule has 0 rings (SSSR count). The van der Waals surface area contributed by atoms with Crippen molar-refractivity contribution in [2.45, 2.75) is 73.6 Å². The normalized spacial score (nSPS) is 10.5. The number of hydrogen-bond acceptors (Lipinski definition) is 1. The van der Waals surface area contributed by atoms with Crippen LogP contribution in [0.3, 0.4) is 0 Å². The van der Waals surface area contributed by atoms with Gasteiger partial charge >= 0.3 is 0 Å². The maximum atomic E-state index is 11.3. The van der Waals surface area contributed by atoms with Crippen LogP contribution < -0.4 is 0 Å². The average molecular weight is 214 g/mol. The zero-order valence-corrected chi connectivity index (χ0v) is 10.3. The van der Waals surface area contributed by atoms with Crippen LogP contribution in [0.4, 0.5) is 0 Å². The molecule has 0 saturated carbocycles. The molecule has 0 unspecified atom stereocenters. The molecule has 15 heavy (non-hydrogen) atoms. The molecule has 0 N–H and O–H groups in total. The summed E-state index contributed by atoms with van der Waals surface area (Å²) in [5.74, 6) is 1.48. The molecule has 0 heterocycles. The largest absolute Gasteiger partial charge is 0.299 e. The van der Waals surface area contributed by atoms with E-state index in [9.17, 15) is 4.79 Å². The van der Waals surface area contributed by atoms with E-state index in [4.69, 9.17) is 0 Å². The first kappa shape index (κ1) is 17.1. The molecule has 0 aromatic rings. The van der Waals surface area contributed by atoms with Gasteiger partial charge in [-0.05, 0) is 12.3 Å². The van der Waals surface area contributed by atoms with Gasteiger partial charge in [-0.2, -0.15) is 0 Å². The van der Waals surface area contributed by atoms with E-state index < -0.39 is 0 Å². The second-order valence-corrected chi connectivity index (χ2v) is 4.97. The predicted molar refractivity (Wildman–Crippen MR) is 69.1 cm³/mol. The standard InChI is InChI=1S/C13H26O.CH4/c1-11(2)9-7-5-6-8-10-13(14)12(3)4;/h11-12H,5-10H2,1-4H3;1H4. The van der Waals surface area contributed by atoms with Gasteiger partial charge in [-0.1, -0.05) is 60.8 Å². The van der Waals surface area contributed by atoms with Crippen molar-refractivity contribution in [2.75, 3.05) is 0 Å². The van der Waals surface area contributed by atoms with Crippen molar-refractivity contribution in [3.05, 3.63) is 0 Å². The van der Waals surface area contributed by atoms with Crippen LogP contribution in [0.15, 0.2) is 0 Å². The van der Waals surface area contributed by atoms with E-state index in [-0.39, 0.29) is 13.3 Å². The summed E-state index contributed by atoms with van der Waals surface area (Å²) in [6.45, 7) is 8.51. The second kappa shape index (κ2) is 10.2. The van der Waals surface area contributed by atoms with E-state index >= 15 is 0 Å². The van der Waals surface area contributed by atoms with Crippen LogP contribution in [-0.2, 0) is 4.79 Å². The molecule has 92 valence electrons. The minimum absolute atomic E-state index is 0. The Morgan fingerprint density at radius 2 is 1.47 bits per heavy atom. The molecule has 0 aliphatic rings. The van der Waals surface area contributed by atoms with Gasteiger partial charge in [-0.25, -0.2) is 0 Å². The summed E-state index contributed by atoms with van der Waals surface area (Å²) in [5, 5.41) is 0. The maximum absolute atomic E-state index is 11.3. The fourth-order valence-corrected chi connectivity index (χ4v) is 1.49. The number of Topliss-reactive ketones (excluding diaryl/α,β-unsaturated/α-hetero) is 1. The summed E-state index contributed by atoms with van der Waals surface area (Å²) in [6, 6.07) is 0. The van der Waals surface area contributed by atoms with Gasteiger partial charge in [0.1, 0.15) is 5.78 Å². The van der Waals surface area contributed by atoms with Gasteiger partial charge in [-0.3, -0.25) is 4.79 Å². The van der Waals surface area contributed by atoms with Crippen LogP contribution in [-0.4, -0.2) is 5.78 Å². The lowest BCUT2D eigenvalue weighted by Gasteiger charge is -2.05. The molecule has 0 atom stereocenters. The molecule has 1 heteroatoms. The van der Waals surface area contributed by atoms with Gasteiger partial charge in [-0.15, -0.1) is 0 Å². The summed E-state index contributed by atoms with van der Waals surface area (Å²) in [4.78, 5) is 11.3. The van der Waals surface area contributed by atoms with Crippen LogP contribution in [0.5, 0.6) is 0 Å². The molecule has 0 aliphatic carbocycles. The number of rotatable bonds is 8. The lowest BCUT2D eigenvalue weighted by Crippen LogP contribution is -2.05. The van der Waals surface area contributed by atoms with Crippen LogP contribution in [0, 0.1) is 11.8 Å². The summed E-state index contributed by atoms with van der Waals surface area (Å²) >= 11 is 0. The van der Waals surface area contributed by atoms with Crippen molar-refractivity contribution in [1.82, 2.24) is 0 Å². The lowest BCUT2D eigenvalue weighted by atomic mass is 10.0. The number of carbonyl (C=O) groups excluding carboxylic acids is 1. The zero-order valence-electron chi connectivity index (χ0n) is 10.3. The monoisotopic (exact) mass is 214 g/mol. The SMILES string of the molecule is C.CC(C)CCCCCCC(=O)C(C)C. The first-order chi connectivity index (χ1) is 6.54. The van der Waals surface area contributed by atoms with Gasteiger partial charge in [0.05, 0.1) is 0 Å². The Labute approximate surface area is 96.7 Å². The highest BCUT2D eigenvalue weighted by Gasteiger charge is 2.05. The molecular weight excluding hydrogens is 184 g/mol. The topological polar surface area (TPSA) is 17.1 Å². The summed E-state index contributed by atoms with van der Waals surface area (Å²) in [6.07, 6.45) is 7.06. The fraction of sp³-hybridized carbons (Fsp3) is 0.929. The highest BCUT2D eigenvalue weighted by Crippen LogP contribution is 2.11. The van der Waals surface area contributed by atoms with Gasteiger partial charge in [0, 0.05) is 12.3 Å². The maximum Gasteiger partial charge on any atom is 0.135 e.